The molecule has 0 radical (unpaired) electrons. The predicted molar refractivity (Wildman–Crippen MR) is 87.8 cm³/mol. The van der Waals surface area contributed by atoms with Gasteiger partial charge in [-0.2, -0.15) is 10.1 Å². The third-order valence-corrected chi connectivity index (χ3v) is 4.83. The molecule has 0 N–H and O–H groups in total. The smallest absolute Gasteiger partial charge is 0.267 e. The maximum atomic E-state index is 12.5. The minimum atomic E-state index is -0.261. The number of aromatic nitrogens is 4. The van der Waals surface area contributed by atoms with Crippen molar-refractivity contribution in [3.05, 3.63) is 40.4 Å². The highest BCUT2D eigenvalue weighted by molar-refractivity contribution is 5.76. The Bertz CT molecular complexity index is 810. The van der Waals surface area contributed by atoms with Crippen LogP contribution in [0.15, 0.2) is 27.6 Å². The van der Waals surface area contributed by atoms with E-state index in [2.05, 4.69) is 15.2 Å². The number of carbonyl (C=O) groups excluding carboxylic acids is 1. The molecule has 1 atom stereocenters. The van der Waals surface area contributed by atoms with Crippen molar-refractivity contribution in [1.29, 1.82) is 0 Å². The zero-order valence-electron chi connectivity index (χ0n) is 14.0. The molecule has 3 heterocycles. The predicted octanol–water partition coefficient (Wildman–Crippen LogP) is 0.985. The summed E-state index contributed by atoms with van der Waals surface area (Å²) in [5.74, 6) is 2.22. The Kier molecular flexibility index (Phi) is 4.33. The van der Waals surface area contributed by atoms with Crippen LogP contribution in [0.1, 0.15) is 43.3 Å². The van der Waals surface area contributed by atoms with Gasteiger partial charge in [-0.15, -0.1) is 0 Å². The van der Waals surface area contributed by atoms with E-state index in [0.29, 0.717) is 37.2 Å². The molecule has 1 aliphatic carbocycles. The third kappa shape index (κ3) is 3.78. The van der Waals surface area contributed by atoms with E-state index in [-0.39, 0.29) is 18.0 Å². The first-order chi connectivity index (χ1) is 12.2. The van der Waals surface area contributed by atoms with Gasteiger partial charge in [0.05, 0.1) is 0 Å². The van der Waals surface area contributed by atoms with Gasteiger partial charge in [-0.05, 0) is 37.7 Å². The van der Waals surface area contributed by atoms with Crippen LogP contribution in [0.25, 0.3) is 0 Å². The molecule has 8 heteroatoms. The minimum absolute atomic E-state index is 0.0151. The molecule has 2 fully saturated rings. The maximum Gasteiger partial charge on any atom is 0.267 e. The Balaban J connectivity index is 1.35. The molecule has 1 saturated heterocycles. The van der Waals surface area contributed by atoms with E-state index in [1.165, 1.54) is 16.9 Å². The van der Waals surface area contributed by atoms with Gasteiger partial charge in [0.1, 0.15) is 6.54 Å². The Morgan fingerprint density at radius 2 is 2.20 bits per heavy atom. The molecule has 0 bridgehead atoms. The van der Waals surface area contributed by atoms with Gasteiger partial charge in [-0.1, -0.05) is 5.16 Å². The molecule has 1 unspecified atom stereocenters. The molecule has 0 spiro atoms. The summed E-state index contributed by atoms with van der Waals surface area (Å²) in [5.41, 5.74) is -0.261. The van der Waals surface area contributed by atoms with Gasteiger partial charge in [0.2, 0.25) is 11.8 Å². The summed E-state index contributed by atoms with van der Waals surface area (Å²) in [7, 11) is 0. The van der Waals surface area contributed by atoms with Gasteiger partial charge in [0.25, 0.3) is 5.56 Å². The highest BCUT2D eigenvalue weighted by atomic mass is 16.5. The third-order valence-electron chi connectivity index (χ3n) is 4.83. The number of hydrogen-bond donors (Lipinski definition) is 0. The van der Waals surface area contributed by atoms with Crippen LogP contribution in [0.5, 0.6) is 0 Å². The zero-order valence-corrected chi connectivity index (χ0v) is 14.0. The van der Waals surface area contributed by atoms with Crippen LogP contribution in [0.4, 0.5) is 0 Å². The topological polar surface area (TPSA) is 94.1 Å². The van der Waals surface area contributed by atoms with E-state index in [9.17, 15) is 9.59 Å². The van der Waals surface area contributed by atoms with Gasteiger partial charge in [-0.25, -0.2) is 4.68 Å². The fourth-order valence-corrected chi connectivity index (χ4v) is 3.30. The highest BCUT2D eigenvalue weighted by Crippen LogP contribution is 2.38. The zero-order chi connectivity index (χ0) is 17.2. The fourth-order valence-electron chi connectivity index (χ4n) is 3.30. The van der Waals surface area contributed by atoms with Crippen molar-refractivity contribution in [2.45, 2.75) is 44.6 Å². The molecule has 0 aromatic carbocycles. The van der Waals surface area contributed by atoms with Crippen molar-refractivity contribution < 1.29 is 9.32 Å². The average Bonchev–Trinajstić information content (AvgIpc) is 3.37. The van der Waals surface area contributed by atoms with E-state index in [0.717, 1.165) is 31.5 Å². The average molecular weight is 343 g/mol. The van der Waals surface area contributed by atoms with Crippen molar-refractivity contribution >= 4 is 5.91 Å². The number of piperidine rings is 1. The second-order valence-corrected chi connectivity index (χ2v) is 6.89. The molecular formula is C17H21N5O3. The Labute approximate surface area is 144 Å². The lowest BCUT2D eigenvalue weighted by Crippen LogP contribution is -2.43. The van der Waals surface area contributed by atoms with Crippen LogP contribution in [-0.2, 0) is 17.8 Å². The van der Waals surface area contributed by atoms with Gasteiger partial charge < -0.3 is 9.42 Å². The van der Waals surface area contributed by atoms with Crippen molar-refractivity contribution in [3.8, 4) is 0 Å². The monoisotopic (exact) mass is 343 g/mol. The lowest BCUT2D eigenvalue weighted by molar-refractivity contribution is -0.134. The summed E-state index contributed by atoms with van der Waals surface area (Å²) >= 11 is 0. The summed E-state index contributed by atoms with van der Waals surface area (Å²) in [6, 6.07) is 2.98. The van der Waals surface area contributed by atoms with Gasteiger partial charge in [0.15, 0.2) is 5.82 Å². The maximum absolute atomic E-state index is 12.5. The first-order valence-corrected chi connectivity index (χ1v) is 8.81. The summed E-state index contributed by atoms with van der Waals surface area (Å²) in [6.45, 7) is 1.36. The van der Waals surface area contributed by atoms with Crippen LogP contribution in [0, 0.1) is 5.92 Å². The number of amides is 1. The number of hydrogen-bond acceptors (Lipinski definition) is 6. The van der Waals surface area contributed by atoms with E-state index in [1.807, 2.05) is 4.90 Å². The molecule has 2 aromatic heterocycles. The van der Waals surface area contributed by atoms with Crippen LogP contribution in [0.2, 0.25) is 0 Å². The first kappa shape index (κ1) is 16.0. The quantitative estimate of drug-likeness (QED) is 0.803. The van der Waals surface area contributed by atoms with Gasteiger partial charge in [0, 0.05) is 37.7 Å². The number of carbonyl (C=O) groups is 1. The normalized spacial score (nSPS) is 20.6. The van der Waals surface area contributed by atoms with E-state index in [4.69, 9.17) is 4.52 Å². The molecule has 1 amide bonds. The summed E-state index contributed by atoms with van der Waals surface area (Å²) in [6.07, 6.45) is 6.49. The minimum Gasteiger partial charge on any atom is -0.341 e. The highest BCUT2D eigenvalue weighted by Gasteiger charge is 2.30. The van der Waals surface area contributed by atoms with Crippen molar-refractivity contribution in [1.82, 2.24) is 24.8 Å². The van der Waals surface area contributed by atoms with Crippen molar-refractivity contribution in [2.75, 3.05) is 13.1 Å². The molecule has 1 aliphatic heterocycles. The fraction of sp³-hybridized carbons (Fsp3) is 0.588. The molecule has 1 saturated carbocycles. The Morgan fingerprint density at radius 1 is 1.32 bits per heavy atom. The van der Waals surface area contributed by atoms with E-state index >= 15 is 0 Å². The standard InChI is InChI=1S/C17H21N5O3/c23-15-4-1-7-18-22(15)11-16(24)21-8-2-3-12(10-21)9-14-19-17(20-25-14)13-5-6-13/h1,4,7,12-13H,2-3,5-6,8-11H2. The van der Waals surface area contributed by atoms with Gasteiger partial charge in [-0.3, -0.25) is 9.59 Å². The van der Waals surface area contributed by atoms with Crippen molar-refractivity contribution in [3.63, 3.8) is 0 Å². The summed E-state index contributed by atoms with van der Waals surface area (Å²) in [5, 5.41) is 8.00. The second-order valence-electron chi connectivity index (χ2n) is 6.89. The molecule has 132 valence electrons. The molecule has 8 nitrogen and oxygen atoms in total. The van der Waals surface area contributed by atoms with Crippen molar-refractivity contribution in [2.24, 2.45) is 5.92 Å². The molecule has 4 rings (SSSR count). The molecular weight excluding hydrogens is 322 g/mol. The lowest BCUT2D eigenvalue weighted by Gasteiger charge is -2.32. The lowest BCUT2D eigenvalue weighted by atomic mass is 9.94. The number of nitrogens with zero attached hydrogens (tertiary/aromatic N) is 5. The number of rotatable bonds is 5. The SMILES string of the molecule is O=C(Cn1ncccc1=O)N1CCCC(Cc2nc(C3CC3)no2)C1. The Morgan fingerprint density at radius 3 is 3.00 bits per heavy atom. The summed E-state index contributed by atoms with van der Waals surface area (Å²) in [4.78, 5) is 30.5. The van der Waals surface area contributed by atoms with Crippen LogP contribution in [0.3, 0.4) is 0 Å². The number of likely N-dealkylation sites (tertiary alicyclic amines) is 1. The van der Waals surface area contributed by atoms with Crippen LogP contribution < -0.4 is 5.56 Å². The first-order valence-electron chi connectivity index (χ1n) is 8.81. The molecule has 25 heavy (non-hydrogen) atoms. The van der Waals surface area contributed by atoms with Gasteiger partial charge >= 0.3 is 0 Å². The molecule has 2 aliphatic rings. The van der Waals surface area contributed by atoms with Crippen LogP contribution >= 0.6 is 0 Å². The largest absolute Gasteiger partial charge is 0.341 e. The van der Waals surface area contributed by atoms with E-state index in [1.54, 1.807) is 6.07 Å². The van der Waals surface area contributed by atoms with E-state index < -0.39 is 0 Å². The summed E-state index contributed by atoms with van der Waals surface area (Å²) < 4.78 is 6.56. The Hall–Kier alpha value is -2.51. The second kappa shape index (κ2) is 6.78. The van der Waals surface area contributed by atoms with Crippen LogP contribution in [-0.4, -0.2) is 43.8 Å². The molecule has 2 aromatic rings.